The predicted octanol–water partition coefficient (Wildman–Crippen LogP) is 4.64. The highest BCUT2D eigenvalue weighted by Crippen LogP contribution is 2.41. The minimum atomic E-state index is 0.188. The zero-order valence-corrected chi connectivity index (χ0v) is 13.4. The summed E-state index contributed by atoms with van der Waals surface area (Å²) < 4.78 is 4.35. The van der Waals surface area contributed by atoms with Crippen molar-refractivity contribution in [3.8, 4) is 0 Å². The second kappa shape index (κ2) is 6.34. The van der Waals surface area contributed by atoms with Gasteiger partial charge in [0.2, 0.25) is 0 Å². The first-order valence-electron chi connectivity index (χ1n) is 7.87. The molecule has 0 saturated heterocycles. The van der Waals surface area contributed by atoms with Crippen molar-refractivity contribution in [2.45, 2.75) is 51.4 Å². The fourth-order valence-corrected chi connectivity index (χ4v) is 3.35. The Bertz CT molecular complexity index is 493. The van der Waals surface area contributed by atoms with Gasteiger partial charge >= 0.3 is 0 Å². The van der Waals surface area contributed by atoms with E-state index in [9.17, 15) is 0 Å². The molecular formula is C18H28N2. The molecule has 0 saturated carbocycles. The smallest absolute Gasteiger partial charge is 0.0232 e. The van der Waals surface area contributed by atoms with Crippen LogP contribution in [0.15, 0.2) is 36.9 Å². The van der Waals surface area contributed by atoms with Crippen LogP contribution in [0, 0.1) is 0 Å². The Kier molecular flexibility index (Phi) is 4.74. The van der Waals surface area contributed by atoms with Crippen molar-refractivity contribution in [3.63, 3.8) is 0 Å². The van der Waals surface area contributed by atoms with Gasteiger partial charge in [-0.2, -0.15) is 0 Å². The Morgan fingerprint density at radius 2 is 1.40 bits per heavy atom. The third-order valence-corrected chi connectivity index (χ3v) is 4.40. The molecule has 2 nitrogen and oxygen atoms in total. The maximum Gasteiger partial charge on any atom is 0.0232 e. The molecule has 0 aliphatic carbocycles. The molecule has 0 spiro atoms. The third-order valence-electron chi connectivity index (χ3n) is 4.40. The maximum absolute atomic E-state index is 2.30. The fourth-order valence-electron chi connectivity index (χ4n) is 3.35. The third kappa shape index (κ3) is 2.84. The zero-order valence-electron chi connectivity index (χ0n) is 13.4. The summed E-state index contributed by atoms with van der Waals surface area (Å²) in [7, 11) is 4.23. The SMILES string of the molecule is CCCCC(CCC)(c1ccn(C)c1)c1ccn(C)c1. The number of aromatic nitrogens is 2. The van der Waals surface area contributed by atoms with E-state index in [-0.39, 0.29) is 5.41 Å². The monoisotopic (exact) mass is 272 g/mol. The van der Waals surface area contributed by atoms with Crippen molar-refractivity contribution in [1.82, 2.24) is 9.13 Å². The highest BCUT2D eigenvalue weighted by atomic mass is 14.9. The van der Waals surface area contributed by atoms with Gasteiger partial charge in [0, 0.05) is 44.3 Å². The number of hydrogen-bond donors (Lipinski definition) is 0. The highest BCUT2D eigenvalue weighted by Gasteiger charge is 2.34. The van der Waals surface area contributed by atoms with Crippen LogP contribution in [0.4, 0.5) is 0 Å². The molecule has 2 heteroatoms. The van der Waals surface area contributed by atoms with Crippen LogP contribution in [0.5, 0.6) is 0 Å². The molecule has 0 radical (unpaired) electrons. The molecule has 0 bridgehead atoms. The molecule has 0 aromatic carbocycles. The molecule has 0 amide bonds. The van der Waals surface area contributed by atoms with Gasteiger partial charge in [0.15, 0.2) is 0 Å². The maximum atomic E-state index is 2.30. The van der Waals surface area contributed by atoms with Crippen LogP contribution < -0.4 is 0 Å². The molecular weight excluding hydrogens is 244 g/mol. The Morgan fingerprint density at radius 3 is 1.75 bits per heavy atom. The fraction of sp³-hybridized carbons (Fsp3) is 0.556. The van der Waals surface area contributed by atoms with Gasteiger partial charge in [0.25, 0.3) is 0 Å². The number of unbranched alkanes of at least 4 members (excludes halogenated alkanes) is 1. The summed E-state index contributed by atoms with van der Waals surface area (Å²) in [5.41, 5.74) is 3.14. The lowest BCUT2D eigenvalue weighted by molar-refractivity contribution is 0.415. The molecule has 2 aromatic rings. The van der Waals surface area contributed by atoms with E-state index in [0.717, 1.165) is 0 Å². The molecule has 2 aromatic heterocycles. The zero-order chi connectivity index (χ0) is 14.6. The Morgan fingerprint density at radius 1 is 0.850 bits per heavy atom. The standard InChI is InChI=1S/C18H28N2/c1-5-7-11-18(10-6-2,16-8-12-19(3)14-16)17-9-13-20(4)15-17/h8-9,12-15H,5-7,10-11H2,1-4H3. The summed E-state index contributed by atoms with van der Waals surface area (Å²) in [5, 5.41) is 0. The van der Waals surface area contributed by atoms with Crippen molar-refractivity contribution >= 4 is 0 Å². The average molecular weight is 272 g/mol. The summed E-state index contributed by atoms with van der Waals surface area (Å²) >= 11 is 0. The molecule has 110 valence electrons. The van der Waals surface area contributed by atoms with E-state index >= 15 is 0 Å². The van der Waals surface area contributed by atoms with E-state index in [1.54, 1.807) is 0 Å². The molecule has 0 fully saturated rings. The molecule has 0 aliphatic rings. The number of rotatable bonds is 7. The van der Waals surface area contributed by atoms with Crippen molar-refractivity contribution in [3.05, 3.63) is 48.0 Å². The highest BCUT2D eigenvalue weighted by molar-refractivity contribution is 5.37. The number of hydrogen-bond acceptors (Lipinski definition) is 0. The predicted molar refractivity (Wildman–Crippen MR) is 86.0 cm³/mol. The quantitative estimate of drug-likeness (QED) is 0.695. The Labute approximate surface area is 123 Å². The number of nitrogens with zero attached hydrogens (tertiary/aromatic N) is 2. The van der Waals surface area contributed by atoms with E-state index in [2.05, 4.69) is 74.0 Å². The lowest BCUT2D eigenvalue weighted by Crippen LogP contribution is -2.27. The molecule has 0 unspecified atom stereocenters. The topological polar surface area (TPSA) is 9.86 Å². The van der Waals surface area contributed by atoms with Gasteiger partial charge in [-0.1, -0.05) is 33.1 Å². The first-order chi connectivity index (χ1) is 9.62. The minimum Gasteiger partial charge on any atom is -0.357 e. The largest absolute Gasteiger partial charge is 0.357 e. The van der Waals surface area contributed by atoms with Crippen LogP contribution in [-0.4, -0.2) is 9.13 Å². The second-order valence-corrected chi connectivity index (χ2v) is 6.07. The van der Waals surface area contributed by atoms with Gasteiger partial charge in [-0.3, -0.25) is 0 Å². The van der Waals surface area contributed by atoms with Gasteiger partial charge in [-0.15, -0.1) is 0 Å². The van der Waals surface area contributed by atoms with Crippen molar-refractivity contribution in [2.24, 2.45) is 14.1 Å². The van der Waals surface area contributed by atoms with Gasteiger partial charge in [-0.05, 0) is 36.1 Å². The Hall–Kier alpha value is -1.44. The lowest BCUT2D eigenvalue weighted by atomic mass is 9.70. The average Bonchev–Trinajstić information content (AvgIpc) is 3.04. The van der Waals surface area contributed by atoms with Gasteiger partial charge in [0.05, 0.1) is 0 Å². The van der Waals surface area contributed by atoms with E-state index in [4.69, 9.17) is 0 Å². The molecule has 20 heavy (non-hydrogen) atoms. The summed E-state index contributed by atoms with van der Waals surface area (Å²) in [4.78, 5) is 0. The Balaban J connectivity index is 2.48. The van der Waals surface area contributed by atoms with Crippen LogP contribution in [0.2, 0.25) is 0 Å². The summed E-state index contributed by atoms with van der Waals surface area (Å²) in [6.45, 7) is 4.58. The first-order valence-corrected chi connectivity index (χ1v) is 7.87. The van der Waals surface area contributed by atoms with Crippen LogP contribution in [0.3, 0.4) is 0 Å². The summed E-state index contributed by atoms with van der Waals surface area (Å²) in [6, 6.07) is 4.61. The van der Waals surface area contributed by atoms with Crippen LogP contribution in [0.1, 0.15) is 57.1 Å². The summed E-state index contributed by atoms with van der Waals surface area (Å²) in [5.74, 6) is 0. The van der Waals surface area contributed by atoms with E-state index in [1.165, 1.54) is 43.2 Å². The molecule has 0 N–H and O–H groups in total. The van der Waals surface area contributed by atoms with Crippen LogP contribution >= 0.6 is 0 Å². The van der Waals surface area contributed by atoms with E-state index < -0.39 is 0 Å². The number of aryl methyl sites for hydroxylation is 2. The van der Waals surface area contributed by atoms with Crippen molar-refractivity contribution in [2.75, 3.05) is 0 Å². The van der Waals surface area contributed by atoms with Gasteiger partial charge < -0.3 is 9.13 Å². The normalized spacial score (nSPS) is 12.0. The summed E-state index contributed by atoms with van der Waals surface area (Å²) in [6.07, 6.45) is 15.2. The van der Waals surface area contributed by atoms with E-state index in [0.29, 0.717) is 0 Å². The second-order valence-electron chi connectivity index (χ2n) is 6.07. The van der Waals surface area contributed by atoms with Gasteiger partial charge in [-0.25, -0.2) is 0 Å². The lowest BCUT2D eigenvalue weighted by Gasteiger charge is -2.33. The van der Waals surface area contributed by atoms with Crippen molar-refractivity contribution in [1.29, 1.82) is 0 Å². The van der Waals surface area contributed by atoms with Crippen LogP contribution in [-0.2, 0) is 19.5 Å². The minimum absolute atomic E-state index is 0.188. The first kappa shape index (κ1) is 15.0. The van der Waals surface area contributed by atoms with E-state index in [1.807, 2.05) is 0 Å². The molecule has 0 aliphatic heterocycles. The molecule has 2 rings (SSSR count). The molecule has 2 heterocycles. The van der Waals surface area contributed by atoms with Crippen LogP contribution in [0.25, 0.3) is 0 Å². The van der Waals surface area contributed by atoms with Gasteiger partial charge in [0.1, 0.15) is 0 Å². The molecule has 0 atom stereocenters. The van der Waals surface area contributed by atoms with Crippen molar-refractivity contribution < 1.29 is 0 Å².